The lowest BCUT2D eigenvalue weighted by atomic mass is 10.3. The summed E-state index contributed by atoms with van der Waals surface area (Å²) >= 11 is 24.5. The Labute approximate surface area is 175 Å². The second-order valence-electron chi connectivity index (χ2n) is 3.60. The SMILES string of the molecule is Brc1cc(Br)c(Oc2c(Br)c(Br)cc(Br)c2Br)c(Br)c1. The van der Waals surface area contributed by atoms with Crippen molar-refractivity contribution >= 4 is 112 Å². The first kappa shape index (κ1) is 17.9. The minimum absolute atomic E-state index is 0.676. The molecule has 1 nitrogen and oxygen atoms in total. The number of hydrogen-bond donors (Lipinski definition) is 0. The minimum atomic E-state index is 0.676. The Kier molecular flexibility index (Phi) is 6.68. The molecule has 106 valence electrons. The monoisotopic (exact) mass is 715 g/mol. The Bertz CT molecular complexity index is 635. The fourth-order valence-electron chi connectivity index (χ4n) is 1.37. The van der Waals surface area contributed by atoms with Crippen LogP contribution in [0.1, 0.15) is 0 Å². The highest BCUT2D eigenvalue weighted by Gasteiger charge is 2.18. The number of hydrogen-bond acceptors (Lipinski definition) is 1. The van der Waals surface area contributed by atoms with Crippen molar-refractivity contribution in [2.45, 2.75) is 0 Å². The van der Waals surface area contributed by atoms with E-state index in [0.29, 0.717) is 11.5 Å². The fraction of sp³-hybridized carbons (Fsp3) is 0. The van der Waals surface area contributed by atoms with E-state index in [4.69, 9.17) is 4.74 Å². The molecule has 0 fully saturated rings. The van der Waals surface area contributed by atoms with Gasteiger partial charge in [-0.1, -0.05) is 15.9 Å². The van der Waals surface area contributed by atoms with E-state index in [9.17, 15) is 0 Å². The second-order valence-corrected chi connectivity index (χ2v) is 9.52. The molecule has 0 aliphatic heterocycles. The topological polar surface area (TPSA) is 9.23 Å². The number of ether oxygens (including phenoxy) is 1. The highest BCUT2D eigenvalue weighted by Crippen LogP contribution is 2.48. The normalized spacial score (nSPS) is 10.8. The summed E-state index contributed by atoms with van der Waals surface area (Å²) in [5, 5.41) is 0. The zero-order chi connectivity index (χ0) is 15.0. The first-order chi connectivity index (χ1) is 9.31. The standard InChI is InChI=1S/C12H3Br7O/c13-4-1-7(16)11(8(17)2-4)20-12-9(18)5(14)3-6(15)10(12)19/h1-3H. The van der Waals surface area contributed by atoms with Gasteiger partial charge in [0.1, 0.15) is 0 Å². The van der Waals surface area contributed by atoms with Crippen molar-refractivity contribution < 1.29 is 4.74 Å². The van der Waals surface area contributed by atoms with E-state index < -0.39 is 0 Å². The van der Waals surface area contributed by atoms with Gasteiger partial charge in [-0.15, -0.1) is 0 Å². The smallest absolute Gasteiger partial charge is 0.158 e. The average Bonchev–Trinajstić information content (AvgIpc) is 2.34. The molecule has 8 heteroatoms. The molecule has 0 saturated heterocycles. The molecule has 0 aliphatic rings. The van der Waals surface area contributed by atoms with E-state index >= 15 is 0 Å². The summed E-state index contributed by atoms with van der Waals surface area (Å²) in [6.45, 7) is 0. The predicted octanol–water partition coefficient (Wildman–Crippen LogP) is 8.82. The van der Waals surface area contributed by atoms with Crippen molar-refractivity contribution in [3.05, 3.63) is 49.5 Å². The number of halogens is 7. The molecule has 0 radical (unpaired) electrons. The summed E-state index contributed by atoms with van der Waals surface area (Å²) in [4.78, 5) is 0. The van der Waals surface area contributed by atoms with Crippen LogP contribution in [-0.2, 0) is 0 Å². The largest absolute Gasteiger partial charge is 0.453 e. The zero-order valence-corrected chi connectivity index (χ0v) is 20.4. The molecule has 2 aromatic rings. The lowest BCUT2D eigenvalue weighted by Crippen LogP contribution is -1.91. The Morgan fingerprint density at radius 2 is 1.00 bits per heavy atom. The highest BCUT2D eigenvalue weighted by atomic mass is 79.9. The molecule has 0 saturated carbocycles. The lowest BCUT2D eigenvalue weighted by molar-refractivity contribution is 0.469. The Hall–Kier alpha value is 1.60. The van der Waals surface area contributed by atoms with E-state index in [2.05, 4.69) is 112 Å². The molecule has 0 amide bonds. The maximum Gasteiger partial charge on any atom is 0.158 e. The molecule has 0 N–H and O–H groups in total. The molecule has 2 rings (SSSR count). The van der Waals surface area contributed by atoms with E-state index in [1.54, 1.807) is 0 Å². The van der Waals surface area contributed by atoms with Gasteiger partial charge in [-0.2, -0.15) is 0 Å². The summed E-state index contributed by atoms with van der Waals surface area (Å²) in [5.41, 5.74) is 0. The molecule has 2 aromatic carbocycles. The van der Waals surface area contributed by atoms with Crippen LogP contribution in [0.15, 0.2) is 49.5 Å². The van der Waals surface area contributed by atoms with E-state index in [1.165, 1.54) is 0 Å². The zero-order valence-electron chi connectivity index (χ0n) is 9.29. The van der Waals surface area contributed by atoms with Crippen molar-refractivity contribution in [2.75, 3.05) is 0 Å². The van der Waals surface area contributed by atoms with Crippen LogP contribution >= 0.6 is 112 Å². The first-order valence-corrected chi connectivity index (χ1v) is 10.5. The van der Waals surface area contributed by atoms with Crippen molar-refractivity contribution in [1.29, 1.82) is 0 Å². The van der Waals surface area contributed by atoms with Crippen LogP contribution in [0.5, 0.6) is 11.5 Å². The third-order valence-corrected chi connectivity index (χ3v) is 7.76. The van der Waals surface area contributed by atoms with Gasteiger partial charge >= 0.3 is 0 Å². The van der Waals surface area contributed by atoms with Crippen molar-refractivity contribution in [3.63, 3.8) is 0 Å². The van der Waals surface area contributed by atoms with Gasteiger partial charge in [0.05, 0.1) is 17.9 Å². The van der Waals surface area contributed by atoms with Crippen LogP contribution in [-0.4, -0.2) is 0 Å². The summed E-state index contributed by atoms with van der Waals surface area (Å²) in [5.74, 6) is 1.37. The van der Waals surface area contributed by atoms with Crippen LogP contribution < -0.4 is 4.74 Å². The predicted molar refractivity (Wildman–Crippen MR) is 107 cm³/mol. The molecule has 20 heavy (non-hydrogen) atoms. The molecular formula is C12H3Br7O. The van der Waals surface area contributed by atoms with Crippen LogP contribution in [0, 0.1) is 0 Å². The Morgan fingerprint density at radius 3 is 1.45 bits per heavy atom. The lowest BCUT2D eigenvalue weighted by Gasteiger charge is -2.15. The maximum atomic E-state index is 6.05. The van der Waals surface area contributed by atoms with E-state index in [-0.39, 0.29) is 0 Å². The van der Waals surface area contributed by atoms with Gasteiger partial charge in [-0.25, -0.2) is 0 Å². The van der Waals surface area contributed by atoms with Gasteiger partial charge in [0.2, 0.25) is 0 Å². The van der Waals surface area contributed by atoms with Gasteiger partial charge in [-0.3, -0.25) is 0 Å². The Morgan fingerprint density at radius 1 is 0.550 bits per heavy atom. The van der Waals surface area contributed by atoms with Crippen molar-refractivity contribution in [3.8, 4) is 11.5 Å². The minimum Gasteiger partial charge on any atom is -0.453 e. The van der Waals surface area contributed by atoms with Gasteiger partial charge < -0.3 is 4.74 Å². The van der Waals surface area contributed by atoms with E-state index in [1.807, 2.05) is 18.2 Å². The molecule has 0 heterocycles. The third kappa shape index (κ3) is 3.92. The van der Waals surface area contributed by atoms with Crippen LogP contribution in [0.2, 0.25) is 0 Å². The number of benzene rings is 2. The quantitative estimate of drug-likeness (QED) is 0.282. The molecule has 0 atom stereocenters. The maximum absolute atomic E-state index is 6.05. The molecule has 0 aliphatic carbocycles. The fourth-order valence-corrected chi connectivity index (χ4v) is 5.97. The summed E-state index contributed by atoms with van der Waals surface area (Å²) in [6.07, 6.45) is 0. The summed E-state index contributed by atoms with van der Waals surface area (Å²) < 4.78 is 12.1. The summed E-state index contributed by atoms with van der Waals surface area (Å²) in [7, 11) is 0. The number of rotatable bonds is 2. The molecule has 0 bridgehead atoms. The average molecular weight is 722 g/mol. The van der Waals surface area contributed by atoms with Gasteiger partial charge in [0, 0.05) is 13.4 Å². The second kappa shape index (κ2) is 7.45. The summed E-state index contributed by atoms with van der Waals surface area (Å²) in [6, 6.07) is 5.79. The van der Waals surface area contributed by atoms with Crippen LogP contribution in [0.25, 0.3) is 0 Å². The third-order valence-electron chi connectivity index (χ3n) is 2.24. The van der Waals surface area contributed by atoms with Gasteiger partial charge in [-0.05, 0) is 114 Å². The Balaban J connectivity index is 2.56. The van der Waals surface area contributed by atoms with E-state index in [0.717, 1.165) is 31.3 Å². The highest BCUT2D eigenvalue weighted by molar-refractivity contribution is 9.14. The molecule has 0 aromatic heterocycles. The van der Waals surface area contributed by atoms with Crippen molar-refractivity contribution in [2.24, 2.45) is 0 Å². The van der Waals surface area contributed by atoms with Gasteiger partial charge in [0.15, 0.2) is 11.5 Å². The van der Waals surface area contributed by atoms with Crippen molar-refractivity contribution in [1.82, 2.24) is 0 Å². The van der Waals surface area contributed by atoms with Gasteiger partial charge in [0.25, 0.3) is 0 Å². The molecule has 0 spiro atoms. The first-order valence-electron chi connectivity index (χ1n) is 4.96. The van der Waals surface area contributed by atoms with Crippen LogP contribution in [0.3, 0.4) is 0 Å². The molecular weight excluding hydrogens is 719 g/mol. The van der Waals surface area contributed by atoms with Crippen LogP contribution in [0.4, 0.5) is 0 Å². The molecule has 0 unspecified atom stereocenters.